The molecule has 5 nitrogen and oxygen atoms in total. The van der Waals surface area contributed by atoms with Crippen LogP contribution in [0.1, 0.15) is 5.56 Å². The van der Waals surface area contributed by atoms with E-state index in [0.29, 0.717) is 21.4 Å². The lowest BCUT2D eigenvalue weighted by molar-refractivity contribution is -0.123. The molecule has 0 aromatic heterocycles. The molecule has 2 aromatic rings. The Bertz CT molecular complexity index is 774. The minimum atomic E-state index is -2.95. The molecule has 0 aliphatic rings. The van der Waals surface area contributed by atoms with Gasteiger partial charge in [0.2, 0.25) is 0 Å². The molecule has 0 radical (unpaired) electrons. The molecule has 2 aromatic carbocycles. The van der Waals surface area contributed by atoms with Crippen LogP contribution in [0.2, 0.25) is 10.0 Å². The molecule has 0 atom stereocenters. The fourth-order valence-electron chi connectivity index (χ4n) is 2.00. The summed E-state index contributed by atoms with van der Waals surface area (Å²) in [7, 11) is 1.33. The standard InChI is InChI=1S/C17H15Cl2F2NO4/c1-24-15-6-10(2-5-13(15)26-17(20)21)8-22-16(23)9-25-14-7-11(18)3-4-12(14)19/h2-7,17H,8-9H2,1H3,(H,22,23). The van der Waals surface area contributed by atoms with Crippen molar-refractivity contribution in [1.82, 2.24) is 5.32 Å². The van der Waals surface area contributed by atoms with Crippen LogP contribution in [0, 0.1) is 0 Å². The number of carbonyl (C=O) groups is 1. The summed E-state index contributed by atoms with van der Waals surface area (Å²) < 4.78 is 39.3. The summed E-state index contributed by atoms with van der Waals surface area (Å²) in [6.07, 6.45) is 0. The van der Waals surface area contributed by atoms with Crippen molar-refractivity contribution in [2.45, 2.75) is 13.2 Å². The molecule has 0 aliphatic heterocycles. The summed E-state index contributed by atoms with van der Waals surface area (Å²) >= 11 is 11.8. The second kappa shape index (κ2) is 9.45. The number of nitrogens with one attached hydrogen (secondary N) is 1. The molecular formula is C17H15Cl2F2NO4. The highest BCUT2D eigenvalue weighted by molar-refractivity contribution is 6.34. The molecule has 0 heterocycles. The highest BCUT2D eigenvalue weighted by Gasteiger charge is 2.12. The normalized spacial score (nSPS) is 10.5. The monoisotopic (exact) mass is 405 g/mol. The van der Waals surface area contributed by atoms with Gasteiger partial charge in [-0.15, -0.1) is 0 Å². The van der Waals surface area contributed by atoms with Crippen LogP contribution in [0.4, 0.5) is 8.78 Å². The van der Waals surface area contributed by atoms with E-state index in [0.717, 1.165) is 0 Å². The van der Waals surface area contributed by atoms with Gasteiger partial charge in [0.15, 0.2) is 18.1 Å². The van der Waals surface area contributed by atoms with Crippen molar-refractivity contribution in [2.24, 2.45) is 0 Å². The minimum absolute atomic E-state index is 0.0866. The Morgan fingerprint density at radius 3 is 2.58 bits per heavy atom. The van der Waals surface area contributed by atoms with Gasteiger partial charge in [0, 0.05) is 17.6 Å². The summed E-state index contributed by atoms with van der Waals surface area (Å²) in [5, 5.41) is 3.40. The van der Waals surface area contributed by atoms with Crippen molar-refractivity contribution in [3.05, 3.63) is 52.0 Å². The van der Waals surface area contributed by atoms with Gasteiger partial charge in [0.1, 0.15) is 5.75 Å². The van der Waals surface area contributed by atoms with E-state index in [4.69, 9.17) is 32.7 Å². The minimum Gasteiger partial charge on any atom is -0.493 e. The van der Waals surface area contributed by atoms with Crippen LogP contribution >= 0.6 is 23.2 Å². The van der Waals surface area contributed by atoms with Crippen LogP contribution in [0.3, 0.4) is 0 Å². The molecule has 26 heavy (non-hydrogen) atoms. The maximum atomic E-state index is 12.3. The van der Waals surface area contributed by atoms with Crippen LogP contribution in [0.15, 0.2) is 36.4 Å². The average Bonchev–Trinajstić information content (AvgIpc) is 2.61. The second-order valence-electron chi connectivity index (χ2n) is 5.00. The summed E-state index contributed by atoms with van der Waals surface area (Å²) in [6, 6.07) is 9.04. The van der Waals surface area contributed by atoms with Gasteiger partial charge in [-0.3, -0.25) is 4.79 Å². The third-order valence-corrected chi connectivity index (χ3v) is 3.73. The van der Waals surface area contributed by atoms with Gasteiger partial charge in [0.25, 0.3) is 5.91 Å². The fourth-order valence-corrected chi connectivity index (χ4v) is 2.33. The zero-order valence-corrected chi connectivity index (χ0v) is 15.1. The van der Waals surface area contributed by atoms with Crippen molar-refractivity contribution in [3.8, 4) is 17.2 Å². The maximum Gasteiger partial charge on any atom is 0.387 e. The smallest absolute Gasteiger partial charge is 0.387 e. The first kappa shape index (κ1) is 20.1. The maximum absolute atomic E-state index is 12.3. The lowest BCUT2D eigenvalue weighted by Gasteiger charge is -2.12. The van der Waals surface area contributed by atoms with E-state index in [2.05, 4.69) is 10.1 Å². The molecular weight excluding hydrogens is 391 g/mol. The summed E-state index contributed by atoms with van der Waals surface area (Å²) in [5.41, 5.74) is 0.637. The van der Waals surface area contributed by atoms with E-state index in [1.165, 1.54) is 31.4 Å². The molecule has 140 valence electrons. The topological polar surface area (TPSA) is 56.8 Å². The van der Waals surface area contributed by atoms with Crippen molar-refractivity contribution in [3.63, 3.8) is 0 Å². The van der Waals surface area contributed by atoms with Gasteiger partial charge in [-0.05, 0) is 29.8 Å². The van der Waals surface area contributed by atoms with Gasteiger partial charge < -0.3 is 19.5 Å². The molecule has 0 fully saturated rings. The Morgan fingerprint density at radius 1 is 1.12 bits per heavy atom. The van der Waals surface area contributed by atoms with Crippen molar-refractivity contribution >= 4 is 29.1 Å². The molecule has 1 N–H and O–H groups in total. The van der Waals surface area contributed by atoms with Crippen LogP contribution in [0.5, 0.6) is 17.2 Å². The highest BCUT2D eigenvalue weighted by Crippen LogP contribution is 2.29. The first-order valence-electron chi connectivity index (χ1n) is 7.35. The number of amides is 1. The lowest BCUT2D eigenvalue weighted by atomic mass is 10.2. The number of hydrogen-bond acceptors (Lipinski definition) is 4. The number of hydrogen-bond donors (Lipinski definition) is 1. The van der Waals surface area contributed by atoms with Gasteiger partial charge in [0.05, 0.1) is 12.1 Å². The second-order valence-corrected chi connectivity index (χ2v) is 5.85. The third-order valence-electron chi connectivity index (χ3n) is 3.19. The molecule has 9 heteroatoms. The van der Waals surface area contributed by atoms with Crippen LogP contribution in [-0.4, -0.2) is 26.2 Å². The third kappa shape index (κ3) is 5.93. The fraction of sp³-hybridized carbons (Fsp3) is 0.235. The summed E-state index contributed by atoms with van der Waals surface area (Å²) in [6.45, 7) is -3.06. The number of methoxy groups -OCH3 is 1. The molecule has 1 amide bonds. The van der Waals surface area contributed by atoms with Crippen molar-refractivity contribution in [2.75, 3.05) is 13.7 Å². The Kier molecular flexibility index (Phi) is 7.29. The number of halogens is 4. The predicted octanol–water partition coefficient (Wildman–Crippen LogP) is 4.30. The molecule has 0 aliphatic carbocycles. The Balaban J connectivity index is 1.89. The van der Waals surface area contributed by atoms with E-state index < -0.39 is 12.5 Å². The molecule has 2 rings (SSSR count). The van der Waals surface area contributed by atoms with Crippen LogP contribution < -0.4 is 19.5 Å². The molecule has 0 saturated heterocycles. The zero-order valence-electron chi connectivity index (χ0n) is 13.6. The Labute approximate surface area is 158 Å². The van der Waals surface area contributed by atoms with Crippen LogP contribution in [-0.2, 0) is 11.3 Å². The summed E-state index contributed by atoms with van der Waals surface area (Å²) in [5.74, 6) is -0.0482. The average molecular weight is 406 g/mol. The molecule has 0 bridgehead atoms. The summed E-state index contributed by atoms with van der Waals surface area (Å²) in [4.78, 5) is 11.9. The molecule has 0 unspecified atom stereocenters. The number of carbonyl (C=O) groups excluding carboxylic acids is 1. The predicted molar refractivity (Wildman–Crippen MR) is 93.4 cm³/mol. The van der Waals surface area contributed by atoms with Crippen LogP contribution in [0.25, 0.3) is 0 Å². The van der Waals surface area contributed by atoms with Gasteiger partial charge in [-0.25, -0.2) is 0 Å². The van der Waals surface area contributed by atoms with Crippen molar-refractivity contribution < 1.29 is 27.8 Å². The van der Waals surface area contributed by atoms with E-state index in [9.17, 15) is 13.6 Å². The number of rotatable bonds is 8. The van der Waals surface area contributed by atoms with E-state index in [-0.39, 0.29) is 24.7 Å². The number of alkyl halides is 2. The van der Waals surface area contributed by atoms with E-state index in [1.54, 1.807) is 12.1 Å². The molecule has 0 saturated carbocycles. The van der Waals surface area contributed by atoms with E-state index >= 15 is 0 Å². The number of ether oxygens (including phenoxy) is 3. The number of benzene rings is 2. The van der Waals surface area contributed by atoms with Gasteiger partial charge >= 0.3 is 6.61 Å². The largest absolute Gasteiger partial charge is 0.493 e. The molecule has 0 spiro atoms. The first-order valence-corrected chi connectivity index (χ1v) is 8.11. The Morgan fingerprint density at radius 2 is 1.88 bits per heavy atom. The Hall–Kier alpha value is -2.25. The van der Waals surface area contributed by atoms with Crippen molar-refractivity contribution in [1.29, 1.82) is 0 Å². The SMILES string of the molecule is COc1cc(CNC(=O)COc2cc(Cl)ccc2Cl)ccc1OC(F)F. The quantitative estimate of drug-likeness (QED) is 0.711. The lowest BCUT2D eigenvalue weighted by Crippen LogP contribution is -2.28. The first-order chi connectivity index (χ1) is 12.4. The highest BCUT2D eigenvalue weighted by atomic mass is 35.5. The van der Waals surface area contributed by atoms with Gasteiger partial charge in [-0.1, -0.05) is 29.3 Å². The van der Waals surface area contributed by atoms with Gasteiger partial charge in [-0.2, -0.15) is 8.78 Å². The van der Waals surface area contributed by atoms with E-state index in [1.807, 2.05) is 0 Å². The zero-order chi connectivity index (χ0) is 19.1.